The molecule has 228 valence electrons. The van der Waals surface area contributed by atoms with Gasteiger partial charge < -0.3 is 14.6 Å². The molecule has 0 radical (unpaired) electrons. The summed E-state index contributed by atoms with van der Waals surface area (Å²) in [4.78, 5) is 19.4. The number of nitrogens with zero attached hydrogens (tertiary/aromatic N) is 1. The van der Waals surface area contributed by atoms with Crippen LogP contribution in [0.1, 0.15) is 41.2 Å². The molecule has 0 unspecified atom stereocenters. The summed E-state index contributed by atoms with van der Waals surface area (Å²) < 4.78 is 14.1. The Morgan fingerprint density at radius 2 is 1.61 bits per heavy atom. The van der Waals surface area contributed by atoms with Crippen molar-refractivity contribution in [2.45, 2.75) is 37.3 Å². The van der Waals surface area contributed by atoms with Gasteiger partial charge in [-0.15, -0.1) is 0 Å². The molecule has 0 aromatic heterocycles. The van der Waals surface area contributed by atoms with Crippen LogP contribution >= 0.6 is 31.9 Å². The van der Waals surface area contributed by atoms with Gasteiger partial charge in [0.05, 0.1) is 6.61 Å². The molecule has 4 aromatic carbocycles. The van der Waals surface area contributed by atoms with E-state index >= 15 is 0 Å². The van der Waals surface area contributed by atoms with Crippen LogP contribution in [0.2, 0.25) is 0 Å². The molecule has 1 aliphatic rings. The number of aliphatic hydroxyl groups excluding tert-OH is 1. The molecule has 3 N–H and O–H groups in total. The molecule has 44 heavy (non-hydrogen) atoms. The van der Waals surface area contributed by atoms with E-state index in [4.69, 9.17) is 19.6 Å². The standard InChI is InChI=1S/C35H35Br2N3O4/c36-28-17-13-26(14-18-28)24-35(34(42)40-38-21-6-10-25-8-2-1-3-9-25)32(30-11-4-5-12-31(30)37)44-33(39-35)27-15-19-29(20-16-27)43-23-7-22-41/h1-5,8-9,11-20,32,38,41H,6-7,10,21-24H2,(H,40,42)/t32-,35-/m0/s1. The molecule has 1 aliphatic heterocycles. The molecule has 0 saturated heterocycles. The summed E-state index contributed by atoms with van der Waals surface area (Å²) in [6.45, 7) is 1.10. The molecule has 7 nitrogen and oxygen atoms in total. The van der Waals surface area contributed by atoms with Crippen molar-refractivity contribution < 1.29 is 19.4 Å². The van der Waals surface area contributed by atoms with Crippen molar-refractivity contribution in [1.29, 1.82) is 0 Å². The maximum Gasteiger partial charge on any atom is 0.266 e. The van der Waals surface area contributed by atoms with E-state index in [1.807, 2.05) is 91.0 Å². The molecule has 0 aliphatic carbocycles. The number of benzene rings is 4. The highest BCUT2D eigenvalue weighted by Crippen LogP contribution is 2.44. The first-order valence-electron chi connectivity index (χ1n) is 14.7. The zero-order valence-electron chi connectivity index (χ0n) is 24.2. The Labute approximate surface area is 274 Å². The minimum atomic E-state index is -1.31. The fourth-order valence-corrected chi connectivity index (χ4v) is 5.89. The van der Waals surface area contributed by atoms with Crippen molar-refractivity contribution in [3.8, 4) is 5.75 Å². The summed E-state index contributed by atoms with van der Waals surface area (Å²) in [5, 5.41) is 9.06. The molecule has 5 rings (SSSR count). The lowest BCUT2D eigenvalue weighted by Gasteiger charge is -2.31. The Balaban J connectivity index is 1.45. The van der Waals surface area contributed by atoms with E-state index < -0.39 is 11.6 Å². The Kier molecular flexibility index (Phi) is 11.2. The quantitative estimate of drug-likeness (QED) is 0.0994. The second kappa shape index (κ2) is 15.5. The Bertz CT molecular complexity index is 1550. The molecule has 2 atom stereocenters. The van der Waals surface area contributed by atoms with Gasteiger partial charge in [-0.1, -0.05) is 92.5 Å². The summed E-state index contributed by atoms with van der Waals surface area (Å²) in [5.74, 6) is 0.783. The minimum Gasteiger partial charge on any atom is -0.494 e. The van der Waals surface area contributed by atoms with E-state index in [9.17, 15) is 4.79 Å². The van der Waals surface area contributed by atoms with Crippen LogP contribution in [0.15, 0.2) is 117 Å². The molecule has 1 amide bonds. The number of hydrogen-bond donors (Lipinski definition) is 3. The number of aryl methyl sites for hydroxylation is 1. The number of rotatable bonds is 14. The first-order valence-corrected chi connectivity index (χ1v) is 16.2. The van der Waals surface area contributed by atoms with Crippen molar-refractivity contribution >= 4 is 43.7 Å². The third-order valence-corrected chi connectivity index (χ3v) is 8.67. The number of amides is 1. The smallest absolute Gasteiger partial charge is 0.266 e. The van der Waals surface area contributed by atoms with Gasteiger partial charge >= 0.3 is 0 Å². The van der Waals surface area contributed by atoms with Crippen LogP contribution in [0.25, 0.3) is 0 Å². The molecule has 0 spiro atoms. The highest BCUT2D eigenvalue weighted by atomic mass is 79.9. The molecular formula is C35H35Br2N3O4. The second-order valence-electron chi connectivity index (χ2n) is 10.6. The average Bonchev–Trinajstić information content (AvgIpc) is 3.43. The number of ether oxygens (including phenoxy) is 2. The molecular weight excluding hydrogens is 686 g/mol. The van der Waals surface area contributed by atoms with Crippen molar-refractivity contribution in [2.24, 2.45) is 4.99 Å². The number of hydrazine groups is 1. The number of nitrogens with one attached hydrogen (secondary N) is 2. The molecule has 1 heterocycles. The topological polar surface area (TPSA) is 92.2 Å². The monoisotopic (exact) mass is 719 g/mol. The second-order valence-corrected chi connectivity index (χ2v) is 12.4. The molecule has 0 bridgehead atoms. The highest BCUT2D eigenvalue weighted by Gasteiger charge is 2.53. The predicted octanol–water partition coefficient (Wildman–Crippen LogP) is 6.73. The Hall–Kier alpha value is -3.50. The first-order chi connectivity index (χ1) is 21.5. The SMILES string of the molecule is O=C(NNCCCc1ccccc1)[C@@]1(Cc2ccc(Br)cc2)N=C(c2ccc(OCCCO)cc2)O[C@H]1c1ccccc1Br. The highest BCUT2D eigenvalue weighted by molar-refractivity contribution is 9.10. The van der Waals surface area contributed by atoms with Gasteiger partial charge in [-0.25, -0.2) is 10.4 Å². The van der Waals surface area contributed by atoms with Crippen molar-refractivity contribution in [1.82, 2.24) is 10.9 Å². The van der Waals surface area contributed by atoms with E-state index in [-0.39, 0.29) is 12.5 Å². The zero-order valence-corrected chi connectivity index (χ0v) is 27.4. The largest absolute Gasteiger partial charge is 0.494 e. The summed E-state index contributed by atoms with van der Waals surface area (Å²) >= 11 is 7.21. The van der Waals surface area contributed by atoms with Gasteiger partial charge in [0, 0.05) is 46.1 Å². The number of aliphatic hydroxyl groups is 1. The molecule has 9 heteroatoms. The average molecular weight is 721 g/mol. The third-order valence-electron chi connectivity index (χ3n) is 7.42. The van der Waals surface area contributed by atoms with Crippen molar-refractivity contribution in [3.05, 3.63) is 134 Å². The van der Waals surface area contributed by atoms with Crippen LogP contribution in [0, 0.1) is 0 Å². The van der Waals surface area contributed by atoms with Crippen LogP contribution in [0.3, 0.4) is 0 Å². The number of carbonyl (C=O) groups excluding carboxylic acids is 1. The van der Waals surface area contributed by atoms with E-state index in [1.54, 1.807) is 0 Å². The fourth-order valence-electron chi connectivity index (χ4n) is 5.14. The third kappa shape index (κ3) is 7.95. The van der Waals surface area contributed by atoms with Gasteiger partial charge in [0.25, 0.3) is 5.91 Å². The normalized spacial score (nSPS) is 17.5. The number of carbonyl (C=O) groups is 1. The van der Waals surface area contributed by atoms with E-state index in [2.05, 4.69) is 54.8 Å². The van der Waals surface area contributed by atoms with Gasteiger partial charge in [0.1, 0.15) is 5.75 Å². The van der Waals surface area contributed by atoms with Crippen LogP contribution in [0.5, 0.6) is 5.75 Å². The molecule has 0 fully saturated rings. The van der Waals surface area contributed by atoms with Gasteiger partial charge in [0.15, 0.2) is 11.6 Å². The van der Waals surface area contributed by atoms with Gasteiger partial charge in [-0.3, -0.25) is 10.2 Å². The van der Waals surface area contributed by atoms with Crippen LogP contribution in [-0.2, 0) is 22.4 Å². The predicted molar refractivity (Wildman–Crippen MR) is 180 cm³/mol. The summed E-state index contributed by atoms with van der Waals surface area (Å²) in [7, 11) is 0. The lowest BCUT2D eigenvalue weighted by molar-refractivity contribution is -0.130. The van der Waals surface area contributed by atoms with Crippen molar-refractivity contribution in [2.75, 3.05) is 19.8 Å². The lowest BCUT2D eigenvalue weighted by Crippen LogP contribution is -2.54. The minimum absolute atomic E-state index is 0.0730. The molecule has 0 saturated carbocycles. The lowest BCUT2D eigenvalue weighted by atomic mass is 9.82. The van der Waals surface area contributed by atoms with Gasteiger partial charge in [-0.2, -0.15) is 0 Å². The zero-order chi connectivity index (χ0) is 30.8. The summed E-state index contributed by atoms with van der Waals surface area (Å²) in [5.41, 5.74) is 8.57. The fraction of sp³-hybridized carbons (Fsp3) is 0.257. The molecule has 4 aromatic rings. The van der Waals surface area contributed by atoms with Gasteiger partial charge in [-0.05, 0) is 66.4 Å². The summed E-state index contributed by atoms with van der Waals surface area (Å²) in [6, 6.07) is 33.4. The summed E-state index contributed by atoms with van der Waals surface area (Å²) in [6.07, 6.45) is 1.92. The van der Waals surface area contributed by atoms with Crippen LogP contribution in [0.4, 0.5) is 0 Å². The first kappa shape index (κ1) is 31.9. The van der Waals surface area contributed by atoms with E-state index in [0.717, 1.165) is 38.5 Å². The Morgan fingerprint density at radius 1 is 0.886 bits per heavy atom. The van der Waals surface area contributed by atoms with Crippen LogP contribution in [-0.4, -0.2) is 42.2 Å². The van der Waals surface area contributed by atoms with Crippen LogP contribution < -0.4 is 15.6 Å². The number of aliphatic imine (C=N–C) groups is 1. The maximum absolute atomic E-state index is 14.3. The number of halogens is 2. The Morgan fingerprint density at radius 3 is 2.34 bits per heavy atom. The van der Waals surface area contributed by atoms with Crippen molar-refractivity contribution in [3.63, 3.8) is 0 Å². The number of hydrogen-bond acceptors (Lipinski definition) is 6. The maximum atomic E-state index is 14.3. The van der Waals surface area contributed by atoms with E-state index in [0.29, 0.717) is 37.6 Å². The van der Waals surface area contributed by atoms with E-state index in [1.165, 1.54) is 5.56 Å². The van der Waals surface area contributed by atoms with Gasteiger partial charge in [0.2, 0.25) is 5.90 Å².